The van der Waals surface area contributed by atoms with Gasteiger partial charge in [-0.05, 0) is 29.6 Å². The lowest BCUT2D eigenvalue weighted by Gasteiger charge is -2.20. The maximum absolute atomic E-state index is 4.46. The molecular formula is C7H9IN2S. The zero-order valence-corrected chi connectivity index (χ0v) is 9.28. The molecule has 2 nitrogen and oxygen atoms in total. The van der Waals surface area contributed by atoms with E-state index in [0.29, 0.717) is 0 Å². The number of hydrogen-bond donors (Lipinski definition) is 0. The van der Waals surface area contributed by atoms with Crippen LogP contribution in [-0.2, 0) is 13.0 Å². The lowest BCUT2D eigenvalue weighted by atomic mass is 10.2. The van der Waals surface area contributed by atoms with Crippen molar-refractivity contribution in [3.05, 3.63) is 13.6 Å². The van der Waals surface area contributed by atoms with Crippen molar-refractivity contribution >= 4 is 33.9 Å². The number of fused-ring (bicyclic) bond motifs is 1. The molecule has 1 aromatic heterocycles. The molecule has 0 aliphatic carbocycles. The van der Waals surface area contributed by atoms with Gasteiger partial charge in [0.1, 0.15) is 0 Å². The van der Waals surface area contributed by atoms with E-state index in [-0.39, 0.29) is 0 Å². The molecule has 11 heavy (non-hydrogen) atoms. The average molecular weight is 280 g/mol. The topological polar surface area (TPSA) is 16.1 Å². The van der Waals surface area contributed by atoms with Crippen molar-refractivity contribution in [2.24, 2.45) is 0 Å². The van der Waals surface area contributed by atoms with Gasteiger partial charge in [0.2, 0.25) is 0 Å². The molecule has 60 valence electrons. The van der Waals surface area contributed by atoms with Crippen LogP contribution in [0.15, 0.2) is 0 Å². The summed E-state index contributed by atoms with van der Waals surface area (Å²) >= 11 is 4.12. The van der Waals surface area contributed by atoms with Crippen LogP contribution >= 0.6 is 33.9 Å². The summed E-state index contributed by atoms with van der Waals surface area (Å²) in [5.41, 5.74) is 1.33. The summed E-state index contributed by atoms with van der Waals surface area (Å²) in [6.07, 6.45) is 1.13. The Labute approximate surface area is 83.8 Å². The summed E-state index contributed by atoms with van der Waals surface area (Å²) in [6.45, 7) is 2.25. The first-order valence-corrected chi connectivity index (χ1v) is 5.48. The maximum atomic E-state index is 4.46. The summed E-state index contributed by atoms with van der Waals surface area (Å²) in [5, 5.41) is 0. The lowest BCUT2D eigenvalue weighted by molar-refractivity contribution is 0.314. The van der Waals surface area contributed by atoms with Gasteiger partial charge in [-0.3, -0.25) is 0 Å². The van der Waals surface area contributed by atoms with E-state index in [4.69, 9.17) is 0 Å². The van der Waals surface area contributed by atoms with Gasteiger partial charge in [0, 0.05) is 24.4 Å². The van der Waals surface area contributed by atoms with Gasteiger partial charge in [-0.1, -0.05) is 0 Å². The maximum Gasteiger partial charge on any atom is 0.154 e. The third kappa shape index (κ3) is 1.57. The van der Waals surface area contributed by atoms with E-state index < -0.39 is 0 Å². The molecular weight excluding hydrogens is 271 g/mol. The van der Waals surface area contributed by atoms with Gasteiger partial charge in [0.15, 0.2) is 3.01 Å². The van der Waals surface area contributed by atoms with Gasteiger partial charge in [-0.2, -0.15) is 0 Å². The van der Waals surface area contributed by atoms with E-state index in [1.54, 1.807) is 0 Å². The van der Waals surface area contributed by atoms with E-state index in [2.05, 4.69) is 39.5 Å². The molecule has 0 amide bonds. The molecule has 0 saturated carbocycles. The van der Waals surface area contributed by atoms with Crippen LogP contribution in [0.4, 0.5) is 0 Å². The standard InChI is InChI=1S/C7H9IN2S/c1-10-3-2-5-6(4-10)11-7(8)9-5/h2-4H2,1H3. The highest BCUT2D eigenvalue weighted by molar-refractivity contribution is 14.1. The third-order valence-electron chi connectivity index (χ3n) is 1.90. The predicted octanol–water partition coefficient (Wildman–Crippen LogP) is 1.74. The van der Waals surface area contributed by atoms with Crippen molar-refractivity contribution in [3.63, 3.8) is 0 Å². The molecule has 0 saturated heterocycles. The molecule has 0 spiro atoms. The summed E-state index contributed by atoms with van der Waals surface area (Å²) in [6, 6.07) is 0. The van der Waals surface area contributed by atoms with Gasteiger partial charge in [-0.25, -0.2) is 4.98 Å². The lowest BCUT2D eigenvalue weighted by Crippen LogP contribution is -2.25. The largest absolute Gasteiger partial charge is 0.301 e. The Morgan fingerprint density at radius 1 is 1.64 bits per heavy atom. The highest BCUT2D eigenvalue weighted by atomic mass is 127. The molecule has 0 atom stereocenters. The van der Waals surface area contributed by atoms with Crippen LogP contribution in [0.25, 0.3) is 0 Å². The number of likely N-dealkylation sites (N-methyl/N-ethyl adjacent to an activating group) is 1. The van der Waals surface area contributed by atoms with Gasteiger partial charge in [0.05, 0.1) is 5.69 Å². The van der Waals surface area contributed by atoms with E-state index in [1.807, 2.05) is 11.3 Å². The Kier molecular flexibility index (Phi) is 2.16. The molecule has 0 N–H and O–H groups in total. The first-order valence-electron chi connectivity index (χ1n) is 3.58. The summed E-state index contributed by atoms with van der Waals surface area (Å²) in [5.74, 6) is 0. The second-order valence-electron chi connectivity index (χ2n) is 2.82. The molecule has 0 radical (unpaired) electrons. The Morgan fingerprint density at radius 2 is 2.45 bits per heavy atom. The molecule has 0 unspecified atom stereocenters. The van der Waals surface area contributed by atoms with Crippen molar-refractivity contribution < 1.29 is 0 Å². The van der Waals surface area contributed by atoms with Crippen molar-refractivity contribution in [1.29, 1.82) is 0 Å². The normalized spacial score (nSPS) is 18.4. The van der Waals surface area contributed by atoms with Gasteiger partial charge >= 0.3 is 0 Å². The van der Waals surface area contributed by atoms with Gasteiger partial charge < -0.3 is 4.90 Å². The Morgan fingerprint density at radius 3 is 3.27 bits per heavy atom. The Hall–Kier alpha value is 0.320. The molecule has 1 aliphatic heterocycles. The SMILES string of the molecule is CN1CCc2nc(I)sc2C1. The summed E-state index contributed by atoms with van der Waals surface area (Å²) in [4.78, 5) is 8.27. The molecule has 0 fully saturated rings. The fourth-order valence-electron chi connectivity index (χ4n) is 1.29. The molecule has 1 aromatic rings. The summed E-state index contributed by atoms with van der Waals surface area (Å²) in [7, 11) is 2.16. The van der Waals surface area contributed by atoms with Crippen LogP contribution in [-0.4, -0.2) is 23.5 Å². The molecule has 4 heteroatoms. The fourth-order valence-corrected chi connectivity index (χ4v) is 3.29. The van der Waals surface area contributed by atoms with Crippen molar-refractivity contribution in [3.8, 4) is 0 Å². The first kappa shape index (κ1) is 7.94. The number of halogens is 1. The van der Waals surface area contributed by atoms with Crippen LogP contribution in [0.1, 0.15) is 10.6 Å². The predicted molar refractivity (Wildman–Crippen MR) is 54.9 cm³/mol. The monoisotopic (exact) mass is 280 g/mol. The van der Waals surface area contributed by atoms with Crippen LogP contribution < -0.4 is 0 Å². The van der Waals surface area contributed by atoms with Crippen molar-refractivity contribution in [2.75, 3.05) is 13.6 Å². The molecule has 2 rings (SSSR count). The van der Waals surface area contributed by atoms with Crippen LogP contribution in [0.2, 0.25) is 0 Å². The van der Waals surface area contributed by atoms with E-state index in [0.717, 1.165) is 19.5 Å². The van der Waals surface area contributed by atoms with E-state index in [1.165, 1.54) is 13.6 Å². The number of nitrogens with zero attached hydrogens (tertiary/aromatic N) is 2. The quantitative estimate of drug-likeness (QED) is 0.673. The number of aromatic nitrogens is 1. The minimum absolute atomic E-state index is 1.09. The number of hydrogen-bond acceptors (Lipinski definition) is 3. The third-order valence-corrected chi connectivity index (χ3v) is 3.67. The van der Waals surface area contributed by atoms with Crippen LogP contribution in [0, 0.1) is 3.01 Å². The van der Waals surface area contributed by atoms with E-state index >= 15 is 0 Å². The van der Waals surface area contributed by atoms with Crippen LogP contribution in [0.3, 0.4) is 0 Å². The van der Waals surface area contributed by atoms with E-state index in [9.17, 15) is 0 Å². The second kappa shape index (κ2) is 2.99. The average Bonchev–Trinajstić information content (AvgIpc) is 2.27. The van der Waals surface area contributed by atoms with Crippen molar-refractivity contribution in [1.82, 2.24) is 9.88 Å². The molecule has 0 bridgehead atoms. The fraction of sp³-hybridized carbons (Fsp3) is 0.571. The highest BCUT2D eigenvalue weighted by Crippen LogP contribution is 2.24. The number of thiazole rings is 1. The highest BCUT2D eigenvalue weighted by Gasteiger charge is 2.16. The Bertz CT molecular complexity index is 271. The minimum Gasteiger partial charge on any atom is -0.301 e. The molecule has 0 aromatic carbocycles. The van der Waals surface area contributed by atoms with Crippen LogP contribution in [0.5, 0.6) is 0 Å². The minimum atomic E-state index is 1.09. The van der Waals surface area contributed by atoms with Crippen molar-refractivity contribution in [2.45, 2.75) is 13.0 Å². The smallest absolute Gasteiger partial charge is 0.154 e. The zero-order chi connectivity index (χ0) is 7.84. The zero-order valence-electron chi connectivity index (χ0n) is 6.30. The molecule has 2 heterocycles. The molecule has 1 aliphatic rings. The number of rotatable bonds is 0. The summed E-state index contributed by atoms with van der Waals surface area (Å²) < 4.78 is 1.18. The van der Waals surface area contributed by atoms with Gasteiger partial charge in [-0.15, -0.1) is 11.3 Å². The Balaban J connectivity index is 2.34. The first-order chi connectivity index (χ1) is 5.25. The van der Waals surface area contributed by atoms with Gasteiger partial charge in [0.25, 0.3) is 0 Å². The second-order valence-corrected chi connectivity index (χ2v) is 5.66.